The molecule has 0 fully saturated rings. The summed E-state index contributed by atoms with van der Waals surface area (Å²) < 4.78 is 5.08. The Balaban J connectivity index is 2.64. The molecule has 1 aromatic rings. The van der Waals surface area contributed by atoms with Gasteiger partial charge in [-0.1, -0.05) is 12.1 Å². The summed E-state index contributed by atoms with van der Waals surface area (Å²) in [7, 11) is 0. The summed E-state index contributed by atoms with van der Waals surface area (Å²) in [6.45, 7) is 3.14. The number of non-ortho nitro benzene ring substituents is 1. The van der Waals surface area contributed by atoms with Gasteiger partial charge in [0.1, 0.15) is 6.61 Å². The van der Waals surface area contributed by atoms with E-state index in [9.17, 15) is 24.8 Å². The Morgan fingerprint density at radius 3 is 2.54 bits per heavy atom. The maximum absolute atomic E-state index is 12.5. The van der Waals surface area contributed by atoms with Crippen molar-refractivity contribution in [1.82, 2.24) is 5.32 Å². The monoisotopic (exact) mass is 380 g/mol. The topological polar surface area (TPSA) is 119 Å². The minimum Gasteiger partial charge on any atom is -0.478 e. The van der Waals surface area contributed by atoms with E-state index >= 15 is 0 Å². The van der Waals surface area contributed by atoms with Gasteiger partial charge in [-0.15, -0.1) is 11.6 Å². The fourth-order valence-electron chi connectivity index (χ4n) is 2.91. The third-order valence-corrected chi connectivity index (χ3v) is 4.09. The quantitative estimate of drug-likeness (QED) is 0.337. The van der Waals surface area contributed by atoms with Crippen LogP contribution in [0.15, 0.2) is 46.8 Å². The zero-order valence-corrected chi connectivity index (χ0v) is 14.9. The molecule has 8 nitrogen and oxygen atoms in total. The first-order valence-electron chi connectivity index (χ1n) is 7.67. The molecule has 1 heterocycles. The molecular formula is C17H17ClN2O6. The Labute approximate surface area is 154 Å². The minimum atomic E-state index is -1.23. The van der Waals surface area contributed by atoms with Crippen LogP contribution in [0.1, 0.15) is 25.3 Å². The summed E-state index contributed by atoms with van der Waals surface area (Å²) in [5.41, 5.74) is 0.890. The number of carboxylic acid groups (broad SMARTS) is 1. The van der Waals surface area contributed by atoms with Gasteiger partial charge in [0.2, 0.25) is 0 Å². The molecule has 2 N–H and O–H groups in total. The number of dihydropyridines is 1. The van der Waals surface area contributed by atoms with Crippen molar-refractivity contribution in [2.24, 2.45) is 0 Å². The molecule has 26 heavy (non-hydrogen) atoms. The summed E-state index contributed by atoms with van der Waals surface area (Å²) in [4.78, 5) is 34.8. The van der Waals surface area contributed by atoms with Crippen LogP contribution in [0.4, 0.5) is 5.69 Å². The summed E-state index contributed by atoms with van der Waals surface area (Å²) in [6.07, 6.45) is 0. The van der Waals surface area contributed by atoms with Crippen molar-refractivity contribution in [2.75, 3.05) is 12.5 Å². The lowest BCUT2D eigenvalue weighted by atomic mass is 9.80. The number of carboxylic acids is 1. The van der Waals surface area contributed by atoms with E-state index in [1.165, 1.54) is 18.2 Å². The number of rotatable bonds is 6. The van der Waals surface area contributed by atoms with Crippen LogP contribution in [-0.2, 0) is 14.3 Å². The van der Waals surface area contributed by atoms with E-state index in [1.54, 1.807) is 19.9 Å². The lowest BCUT2D eigenvalue weighted by molar-refractivity contribution is -0.384. The molecule has 0 aromatic heterocycles. The molecule has 1 atom stereocenters. The van der Waals surface area contributed by atoms with Gasteiger partial charge in [-0.25, -0.2) is 9.59 Å². The number of benzene rings is 1. The molecule has 0 bridgehead atoms. The number of allylic oxidation sites excluding steroid dienone is 2. The molecule has 1 aliphatic rings. The van der Waals surface area contributed by atoms with E-state index in [0.29, 0.717) is 17.0 Å². The molecule has 1 aromatic carbocycles. The zero-order chi connectivity index (χ0) is 19.4. The van der Waals surface area contributed by atoms with E-state index in [2.05, 4.69) is 5.32 Å². The van der Waals surface area contributed by atoms with Crippen LogP contribution in [0, 0.1) is 10.1 Å². The minimum absolute atomic E-state index is 0.0378. The Morgan fingerprint density at radius 1 is 1.31 bits per heavy atom. The van der Waals surface area contributed by atoms with Gasteiger partial charge in [0, 0.05) is 23.5 Å². The van der Waals surface area contributed by atoms with Gasteiger partial charge in [0.25, 0.3) is 5.69 Å². The molecule has 0 aliphatic carbocycles. The number of aliphatic carboxylic acids is 1. The SMILES string of the molecule is CC1=C(C(=O)O)C(c2cccc([N+](=O)[O-])c2)C(C(=O)OCCCl)=C(C)N1. The first-order chi connectivity index (χ1) is 12.3. The predicted octanol–water partition coefficient (Wildman–Crippen LogP) is 2.70. The fourth-order valence-corrected chi connectivity index (χ4v) is 2.99. The highest BCUT2D eigenvalue weighted by molar-refractivity contribution is 6.18. The van der Waals surface area contributed by atoms with Crippen LogP contribution in [0.5, 0.6) is 0 Å². The number of ether oxygens (including phenoxy) is 1. The van der Waals surface area contributed by atoms with Crippen LogP contribution in [0.2, 0.25) is 0 Å². The molecule has 0 saturated heterocycles. The third kappa shape index (κ3) is 3.85. The first-order valence-corrected chi connectivity index (χ1v) is 8.20. The lowest BCUT2D eigenvalue weighted by Gasteiger charge is -2.29. The molecule has 9 heteroatoms. The number of alkyl halides is 1. The van der Waals surface area contributed by atoms with Gasteiger partial charge in [0.05, 0.1) is 27.9 Å². The molecular weight excluding hydrogens is 364 g/mol. The maximum Gasteiger partial charge on any atom is 0.336 e. The highest BCUT2D eigenvalue weighted by Gasteiger charge is 2.37. The second-order valence-electron chi connectivity index (χ2n) is 5.62. The number of carbonyl (C=O) groups is 2. The van der Waals surface area contributed by atoms with Gasteiger partial charge in [-0.3, -0.25) is 10.1 Å². The number of nitrogens with zero attached hydrogens (tertiary/aromatic N) is 1. The fraction of sp³-hybridized carbons (Fsp3) is 0.294. The molecule has 0 amide bonds. The number of nitrogens with one attached hydrogen (secondary N) is 1. The molecule has 1 unspecified atom stereocenters. The molecule has 1 aliphatic heterocycles. The number of hydrogen-bond acceptors (Lipinski definition) is 6. The molecule has 138 valence electrons. The Kier molecular flexibility index (Phi) is 5.99. The number of hydrogen-bond donors (Lipinski definition) is 2. The van der Waals surface area contributed by atoms with Crippen molar-refractivity contribution >= 4 is 29.2 Å². The average molecular weight is 381 g/mol. The molecule has 2 rings (SSSR count). The van der Waals surface area contributed by atoms with Gasteiger partial charge in [-0.2, -0.15) is 0 Å². The van der Waals surface area contributed by atoms with Crippen LogP contribution < -0.4 is 5.32 Å². The predicted molar refractivity (Wildman–Crippen MR) is 93.7 cm³/mol. The average Bonchev–Trinajstić information content (AvgIpc) is 2.58. The smallest absolute Gasteiger partial charge is 0.336 e. The number of halogens is 1. The van der Waals surface area contributed by atoms with Crippen molar-refractivity contribution in [3.63, 3.8) is 0 Å². The van der Waals surface area contributed by atoms with E-state index in [-0.39, 0.29) is 29.3 Å². The normalized spacial score (nSPS) is 17.0. The van der Waals surface area contributed by atoms with Crippen molar-refractivity contribution in [3.05, 3.63) is 62.5 Å². The van der Waals surface area contributed by atoms with Crippen molar-refractivity contribution in [3.8, 4) is 0 Å². The van der Waals surface area contributed by atoms with Crippen LogP contribution in [0.3, 0.4) is 0 Å². The van der Waals surface area contributed by atoms with Gasteiger partial charge in [0.15, 0.2) is 0 Å². The van der Waals surface area contributed by atoms with Gasteiger partial charge < -0.3 is 15.2 Å². The standard InChI is InChI=1S/C17H17ClN2O6/c1-9-13(16(21)22)15(11-4-3-5-12(8-11)20(24)25)14(10(2)19-9)17(23)26-7-6-18/h3-5,8,15,19H,6-7H2,1-2H3,(H,21,22). The first kappa shape index (κ1) is 19.5. The highest BCUT2D eigenvalue weighted by Crippen LogP contribution is 2.39. The number of nitro groups is 1. The highest BCUT2D eigenvalue weighted by atomic mass is 35.5. The summed E-state index contributed by atoms with van der Waals surface area (Å²) in [5, 5.41) is 23.6. The summed E-state index contributed by atoms with van der Waals surface area (Å²) >= 11 is 5.54. The Hall–Kier alpha value is -2.87. The van der Waals surface area contributed by atoms with Gasteiger partial charge in [-0.05, 0) is 19.4 Å². The molecule has 0 saturated carbocycles. The second-order valence-corrected chi connectivity index (χ2v) is 6.00. The summed E-state index contributed by atoms with van der Waals surface area (Å²) in [5.74, 6) is -2.87. The van der Waals surface area contributed by atoms with E-state index in [0.717, 1.165) is 0 Å². The lowest BCUT2D eigenvalue weighted by Crippen LogP contribution is -2.32. The van der Waals surface area contributed by atoms with E-state index < -0.39 is 22.8 Å². The van der Waals surface area contributed by atoms with Crippen molar-refractivity contribution in [2.45, 2.75) is 19.8 Å². The Bertz CT molecular complexity index is 830. The van der Waals surface area contributed by atoms with Crippen molar-refractivity contribution in [1.29, 1.82) is 0 Å². The van der Waals surface area contributed by atoms with Gasteiger partial charge >= 0.3 is 11.9 Å². The maximum atomic E-state index is 12.5. The van der Waals surface area contributed by atoms with Crippen molar-refractivity contribution < 1.29 is 24.4 Å². The van der Waals surface area contributed by atoms with Crippen LogP contribution in [-0.4, -0.2) is 34.5 Å². The number of nitro benzene ring substituents is 1. The zero-order valence-electron chi connectivity index (χ0n) is 14.1. The third-order valence-electron chi connectivity index (χ3n) is 3.94. The number of carbonyl (C=O) groups excluding carboxylic acids is 1. The second kappa shape index (κ2) is 8.01. The Morgan fingerprint density at radius 2 is 1.96 bits per heavy atom. The molecule has 0 spiro atoms. The van der Waals surface area contributed by atoms with E-state index in [1.807, 2.05) is 0 Å². The largest absolute Gasteiger partial charge is 0.478 e. The van der Waals surface area contributed by atoms with Crippen LogP contribution in [0.25, 0.3) is 0 Å². The summed E-state index contributed by atoms with van der Waals surface area (Å²) in [6, 6.07) is 5.54. The van der Waals surface area contributed by atoms with E-state index in [4.69, 9.17) is 16.3 Å². The number of esters is 1. The van der Waals surface area contributed by atoms with Crippen LogP contribution >= 0.6 is 11.6 Å². The molecule has 0 radical (unpaired) electrons.